The van der Waals surface area contributed by atoms with Gasteiger partial charge in [-0.3, -0.25) is 9.59 Å². The van der Waals surface area contributed by atoms with Crippen molar-refractivity contribution >= 4 is 47.9 Å². The van der Waals surface area contributed by atoms with Crippen molar-refractivity contribution in [3.8, 4) is 0 Å². The van der Waals surface area contributed by atoms with Gasteiger partial charge in [0.25, 0.3) is 0 Å². The van der Waals surface area contributed by atoms with Gasteiger partial charge in [0.15, 0.2) is 0 Å². The van der Waals surface area contributed by atoms with Crippen LogP contribution in [0.3, 0.4) is 0 Å². The van der Waals surface area contributed by atoms with Gasteiger partial charge in [-0.1, -0.05) is 87.7 Å². The summed E-state index contributed by atoms with van der Waals surface area (Å²) < 4.78 is 0. The van der Waals surface area contributed by atoms with Crippen LogP contribution in [0, 0.1) is 0 Å². The molecule has 0 aliphatic rings. The Morgan fingerprint density at radius 3 is 1.04 bits per heavy atom. The lowest BCUT2D eigenvalue weighted by atomic mass is 10.2. The number of thiol groups is 2. The summed E-state index contributed by atoms with van der Waals surface area (Å²) in [6.45, 7) is 4.00. The molecule has 2 aromatic carbocycles. The van der Waals surface area contributed by atoms with Gasteiger partial charge in [0.2, 0.25) is 10.2 Å². The highest BCUT2D eigenvalue weighted by Crippen LogP contribution is 2.01. The molecular formula is C20H29ClO2S2. The molecule has 0 N–H and O–H groups in total. The first-order chi connectivity index (χ1) is 10.5. The number of rotatable bonds is 2. The lowest BCUT2D eigenvalue weighted by Crippen LogP contribution is -1.84. The Morgan fingerprint density at radius 1 is 0.680 bits per heavy atom. The molecule has 2 nitrogen and oxygen atoms in total. The van der Waals surface area contributed by atoms with Gasteiger partial charge < -0.3 is 0 Å². The van der Waals surface area contributed by atoms with E-state index < -0.39 is 0 Å². The van der Waals surface area contributed by atoms with E-state index in [0.717, 1.165) is 0 Å². The highest BCUT2D eigenvalue weighted by Gasteiger charge is 1.94. The molecule has 0 aliphatic heterocycles. The maximum Gasteiger partial charge on any atom is 0.216 e. The quantitative estimate of drug-likeness (QED) is 0.429. The molecule has 2 aromatic rings. The molecule has 0 radical (unpaired) electrons. The highest BCUT2D eigenvalue weighted by atomic mass is 35.5. The highest BCUT2D eigenvalue weighted by molar-refractivity contribution is 7.97. The Balaban J connectivity index is -0.000000133. The second-order valence-corrected chi connectivity index (χ2v) is 4.82. The summed E-state index contributed by atoms with van der Waals surface area (Å²) in [6.07, 6.45) is 4.00. The van der Waals surface area contributed by atoms with E-state index in [1.807, 2.05) is 62.4 Å². The molecule has 0 spiro atoms. The van der Waals surface area contributed by atoms with Crippen LogP contribution in [-0.4, -0.2) is 10.2 Å². The van der Waals surface area contributed by atoms with E-state index >= 15 is 0 Å². The van der Waals surface area contributed by atoms with E-state index in [2.05, 4.69) is 25.3 Å². The Bertz CT molecular complexity index is 532. The fourth-order valence-electron chi connectivity index (χ4n) is 1.16. The third-order valence-corrected chi connectivity index (χ3v) is 2.89. The number of carbonyl (C=O) groups is 2. The molecule has 0 atom stereocenters. The molecule has 0 heterocycles. The number of hydrogen-bond donors (Lipinski definition) is 2. The average molecular weight is 401 g/mol. The Labute approximate surface area is 170 Å². The van der Waals surface area contributed by atoms with Crippen molar-refractivity contribution in [2.24, 2.45) is 0 Å². The van der Waals surface area contributed by atoms with E-state index in [1.165, 1.54) is 0 Å². The van der Waals surface area contributed by atoms with Gasteiger partial charge in [-0.15, -0.1) is 37.7 Å². The minimum Gasteiger partial charge on any atom is -0.282 e. The van der Waals surface area contributed by atoms with Crippen molar-refractivity contribution in [1.82, 2.24) is 0 Å². The first-order valence-electron chi connectivity index (χ1n) is 6.66. The fourth-order valence-corrected chi connectivity index (χ4v) is 1.46. The maximum absolute atomic E-state index is 10.5. The third-order valence-electron chi connectivity index (χ3n) is 2.37. The molecule has 0 unspecified atom stereocenters. The van der Waals surface area contributed by atoms with Crippen molar-refractivity contribution in [2.45, 2.75) is 28.7 Å². The van der Waals surface area contributed by atoms with Crippen LogP contribution in [0.1, 0.15) is 49.4 Å². The second kappa shape index (κ2) is 20.6. The van der Waals surface area contributed by atoms with E-state index in [1.54, 1.807) is 24.3 Å². The second-order valence-electron chi connectivity index (χ2n) is 4.01. The van der Waals surface area contributed by atoms with Crippen LogP contribution in [0.5, 0.6) is 0 Å². The van der Waals surface area contributed by atoms with Crippen LogP contribution < -0.4 is 0 Å². The SMILES string of the molecule is C.C.CC=CC.Cl.O=C(S)c1ccccc1.O=C(S)c1ccccc1. The molecule has 0 bridgehead atoms. The molecule has 0 amide bonds. The topological polar surface area (TPSA) is 34.1 Å². The molecule has 5 heteroatoms. The first-order valence-corrected chi connectivity index (χ1v) is 7.56. The third kappa shape index (κ3) is 17.1. The monoisotopic (exact) mass is 400 g/mol. The molecular weight excluding hydrogens is 372 g/mol. The molecule has 2 rings (SSSR count). The largest absolute Gasteiger partial charge is 0.282 e. The molecule has 0 saturated heterocycles. The Hall–Kier alpha value is -1.49. The van der Waals surface area contributed by atoms with Gasteiger partial charge in [-0.05, 0) is 13.8 Å². The first kappa shape index (κ1) is 31.3. The lowest BCUT2D eigenvalue weighted by Gasteiger charge is -1.88. The minimum atomic E-state index is -0.185. The summed E-state index contributed by atoms with van der Waals surface area (Å²) in [5.74, 6) is 0. The summed E-state index contributed by atoms with van der Waals surface area (Å²) in [6, 6.07) is 17.9. The van der Waals surface area contributed by atoms with Crippen LogP contribution in [-0.2, 0) is 0 Å². The van der Waals surface area contributed by atoms with Crippen molar-refractivity contribution in [3.63, 3.8) is 0 Å². The predicted octanol–water partition coefficient (Wildman–Crippen LogP) is 6.79. The average Bonchev–Trinajstić information content (AvgIpc) is 2.57. The van der Waals surface area contributed by atoms with Gasteiger partial charge in [0.1, 0.15) is 0 Å². The fraction of sp³-hybridized carbons (Fsp3) is 0.200. The van der Waals surface area contributed by atoms with Crippen molar-refractivity contribution in [2.75, 3.05) is 0 Å². The number of allylic oxidation sites excluding steroid dienone is 2. The number of carbonyl (C=O) groups excluding carboxylic acids is 2. The van der Waals surface area contributed by atoms with E-state index in [-0.39, 0.29) is 37.5 Å². The van der Waals surface area contributed by atoms with E-state index in [4.69, 9.17) is 0 Å². The lowest BCUT2D eigenvalue weighted by molar-refractivity contribution is 0.108. The molecule has 25 heavy (non-hydrogen) atoms. The van der Waals surface area contributed by atoms with E-state index in [9.17, 15) is 9.59 Å². The molecule has 0 aromatic heterocycles. The van der Waals surface area contributed by atoms with Crippen molar-refractivity contribution in [1.29, 1.82) is 0 Å². The summed E-state index contributed by atoms with van der Waals surface area (Å²) in [5.41, 5.74) is 1.28. The maximum atomic E-state index is 10.5. The van der Waals surface area contributed by atoms with E-state index in [0.29, 0.717) is 11.1 Å². The normalized spacial score (nSPS) is 8.00. The summed E-state index contributed by atoms with van der Waals surface area (Å²) >= 11 is 7.30. The van der Waals surface area contributed by atoms with Crippen LogP contribution in [0.25, 0.3) is 0 Å². The van der Waals surface area contributed by atoms with Gasteiger partial charge in [0.05, 0.1) is 0 Å². The Morgan fingerprint density at radius 2 is 0.920 bits per heavy atom. The Kier molecular flexibility index (Phi) is 25.7. The minimum absolute atomic E-state index is 0. The van der Waals surface area contributed by atoms with Gasteiger partial charge >= 0.3 is 0 Å². The number of hydrogen-bond acceptors (Lipinski definition) is 2. The van der Waals surface area contributed by atoms with Crippen molar-refractivity contribution < 1.29 is 9.59 Å². The predicted molar refractivity (Wildman–Crippen MR) is 121 cm³/mol. The smallest absolute Gasteiger partial charge is 0.216 e. The zero-order valence-corrected chi connectivity index (χ0v) is 15.7. The molecule has 0 fully saturated rings. The molecule has 0 aliphatic carbocycles. The molecule has 140 valence electrons. The summed E-state index contributed by atoms with van der Waals surface area (Å²) in [5, 5.41) is -0.369. The molecule has 0 saturated carbocycles. The number of halogens is 1. The van der Waals surface area contributed by atoms with Gasteiger partial charge in [0, 0.05) is 11.1 Å². The van der Waals surface area contributed by atoms with Crippen LogP contribution >= 0.6 is 37.7 Å². The van der Waals surface area contributed by atoms with Gasteiger partial charge in [-0.25, -0.2) is 0 Å². The van der Waals surface area contributed by atoms with Crippen LogP contribution in [0.4, 0.5) is 0 Å². The summed E-state index contributed by atoms with van der Waals surface area (Å²) in [4.78, 5) is 21.0. The summed E-state index contributed by atoms with van der Waals surface area (Å²) in [7, 11) is 0. The van der Waals surface area contributed by atoms with Gasteiger partial charge in [-0.2, -0.15) is 0 Å². The van der Waals surface area contributed by atoms with Crippen molar-refractivity contribution in [3.05, 3.63) is 83.9 Å². The zero-order chi connectivity index (χ0) is 16.8. The number of benzene rings is 2. The standard InChI is InChI=1S/2C7H6OS.C4H8.2CH4.ClH/c2*8-7(9)6-4-2-1-3-5-6;1-3-4-2;;;/h2*1-5H,(H,8,9);3-4H,1-2H3;2*1H4;1H. The van der Waals surface area contributed by atoms with Crippen LogP contribution in [0.2, 0.25) is 0 Å². The van der Waals surface area contributed by atoms with Crippen LogP contribution in [0.15, 0.2) is 72.8 Å². The zero-order valence-electron chi connectivity index (χ0n) is 13.0.